The highest BCUT2D eigenvalue weighted by Crippen LogP contribution is 2.24. The molecular weight excluding hydrogens is 352 g/mol. The molecule has 0 atom stereocenters. The minimum atomic E-state index is -0.206. The summed E-state index contributed by atoms with van der Waals surface area (Å²) in [7, 11) is 0. The minimum Gasteiger partial charge on any atom is -0.321 e. The van der Waals surface area contributed by atoms with Gasteiger partial charge in [0.15, 0.2) is 0 Å². The van der Waals surface area contributed by atoms with Gasteiger partial charge in [-0.3, -0.25) is 9.78 Å². The Morgan fingerprint density at radius 3 is 2.86 bits per heavy atom. The summed E-state index contributed by atoms with van der Waals surface area (Å²) in [6.07, 6.45) is 3.47. The summed E-state index contributed by atoms with van der Waals surface area (Å²) < 4.78 is 0.766. The molecule has 2 aromatic carbocycles. The lowest BCUT2D eigenvalue weighted by atomic mass is 10.1. The van der Waals surface area contributed by atoms with Crippen molar-refractivity contribution >= 4 is 49.9 Å². The summed E-state index contributed by atoms with van der Waals surface area (Å²) in [4.78, 5) is 16.4. The molecule has 1 N–H and O–H groups in total. The predicted molar refractivity (Wildman–Crippen MR) is 88.8 cm³/mol. The average molecular weight is 362 g/mol. The number of pyridine rings is 1. The molecule has 0 saturated carbocycles. The van der Waals surface area contributed by atoms with E-state index in [1.165, 1.54) is 0 Å². The third-order valence-corrected chi connectivity index (χ3v) is 3.73. The van der Waals surface area contributed by atoms with Crippen LogP contribution in [0.25, 0.3) is 10.8 Å². The number of fused-ring (bicyclic) bond motifs is 1. The van der Waals surface area contributed by atoms with Crippen LogP contribution in [0.3, 0.4) is 0 Å². The van der Waals surface area contributed by atoms with Crippen LogP contribution < -0.4 is 5.32 Å². The van der Waals surface area contributed by atoms with Crippen LogP contribution in [0, 0.1) is 0 Å². The number of hydrogen-bond acceptors (Lipinski definition) is 2. The van der Waals surface area contributed by atoms with Crippen molar-refractivity contribution < 1.29 is 4.79 Å². The summed E-state index contributed by atoms with van der Waals surface area (Å²) in [6.45, 7) is 0. The van der Waals surface area contributed by atoms with E-state index in [0.29, 0.717) is 10.6 Å². The van der Waals surface area contributed by atoms with Gasteiger partial charge in [0, 0.05) is 43.9 Å². The Labute approximate surface area is 135 Å². The summed E-state index contributed by atoms with van der Waals surface area (Å²) >= 11 is 9.31. The number of aromatic nitrogens is 1. The van der Waals surface area contributed by atoms with E-state index in [1.54, 1.807) is 30.6 Å². The van der Waals surface area contributed by atoms with Crippen molar-refractivity contribution in [1.82, 2.24) is 4.98 Å². The van der Waals surface area contributed by atoms with Gasteiger partial charge < -0.3 is 5.32 Å². The first-order chi connectivity index (χ1) is 10.1. The number of carbonyl (C=O) groups excluding carboxylic acids is 1. The number of nitrogens with zero attached hydrogens (tertiary/aromatic N) is 1. The number of amides is 1. The molecule has 1 amide bonds. The Morgan fingerprint density at radius 2 is 2.05 bits per heavy atom. The predicted octanol–water partition coefficient (Wildman–Crippen LogP) is 4.90. The standard InChI is InChI=1S/C16H10BrClN2O/c17-12-6-11(7-13(18)8-12)16(21)20-15-3-1-2-10-9-19-5-4-14(10)15/h1-9H,(H,20,21). The van der Waals surface area contributed by atoms with Gasteiger partial charge in [0.25, 0.3) is 5.91 Å². The summed E-state index contributed by atoms with van der Waals surface area (Å²) in [6, 6.07) is 12.7. The van der Waals surface area contributed by atoms with Crippen LogP contribution in [0.15, 0.2) is 59.3 Å². The lowest BCUT2D eigenvalue weighted by Crippen LogP contribution is -2.12. The maximum absolute atomic E-state index is 12.4. The molecule has 21 heavy (non-hydrogen) atoms. The molecule has 0 bridgehead atoms. The van der Waals surface area contributed by atoms with E-state index in [9.17, 15) is 4.79 Å². The fraction of sp³-hybridized carbons (Fsp3) is 0. The summed E-state index contributed by atoms with van der Waals surface area (Å²) in [5, 5.41) is 5.34. The van der Waals surface area contributed by atoms with E-state index in [4.69, 9.17) is 11.6 Å². The molecule has 3 rings (SSSR count). The highest BCUT2D eigenvalue weighted by Gasteiger charge is 2.10. The quantitative estimate of drug-likeness (QED) is 0.705. The topological polar surface area (TPSA) is 42.0 Å². The number of nitrogens with one attached hydrogen (secondary N) is 1. The van der Waals surface area contributed by atoms with Crippen molar-refractivity contribution in [2.45, 2.75) is 0 Å². The molecule has 0 radical (unpaired) electrons. The minimum absolute atomic E-state index is 0.206. The SMILES string of the molecule is O=C(Nc1cccc2cnccc12)c1cc(Cl)cc(Br)c1. The normalized spacial score (nSPS) is 10.6. The van der Waals surface area contributed by atoms with Gasteiger partial charge in [0.2, 0.25) is 0 Å². The van der Waals surface area contributed by atoms with E-state index in [2.05, 4.69) is 26.2 Å². The van der Waals surface area contributed by atoms with Crippen molar-refractivity contribution in [2.24, 2.45) is 0 Å². The molecule has 0 aliphatic heterocycles. The van der Waals surface area contributed by atoms with Gasteiger partial charge in [0.1, 0.15) is 0 Å². The molecule has 5 heteroatoms. The maximum Gasteiger partial charge on any atom is 0.255 e. The van der Waals surface area contributed by atoms with Crippen molar-refractivity contribution in [2.75, 3.05) is 5.32 Å². The van der Waals surface area contributed by atoms with Gasteiger partial charge in [-0.2, -0.15) is 0 Å². The summed E-state index contributed by atoms with van der Waals surface area (Å²) in [5.41, 5.74) is 1.25. The average Bonchev–Trinajstić information content (AvgIpc) is 2.46. The molecule has 0 aliphatic carbocycles. The highest BCUT2D eigenvalue weighted by atomic mass is 79.9. The molecule has 0 fully saturated rings. The van der Waals surface area contributed by atoms with E-state index in [-0.39, 0.29) is 5.91 Å². The number of anilines is 1. The van der Waals surface area contributed by atoms with E-state index >= 15 is 0 Å². The lowest BCUT2D eigenvalue weighted by molar-refractivity contribution is 0.102. The van der Waals surface area contributed by atoms with Gasteiger partial charge in [-0.1, -0.05) is 39.7 Å². The van der Waals surface area contributed by atoms with Gasteiger partial charge in [-0.25, -0.2) is 0 Å². The van der Waals surface area contributed by atoms with Crippen molar-refractivity contribution in [3.8, 4) is 0 Å². The zero-order valence-corrected chi connectivity index (χ0v) is 13.1. The van der Waals surface area contributed by atoms with Gasteiger partial charge in [0.05, 0.1) is 0 Å². The van der Waals surface area contributed by atoms with Crippen molar-refractivity contribution in [3.05, 3.63) is 69.9 Å². The molecule has 0 saturated heterocycles. The molecule has 0 spiro atoms. The monoisotopic (exact) mass is 360 g/mol. The Morgan fingerprint density at radius 1 is 1.19 bits per heavy atom. The van der Waals surface area contributed by atoms with Crippen molar-refractivity contribution in [3.63, 3.8) is 0 Å². The number of carbonyl (C=O) groups is 1. The van der Waals surface area contributed by atoms with Crippen LogP contribution in [0.2, 0.25) is 5.02 Å². The van der Waals surface area contributed by atoms with Crippen LogP contribution in [0.5, 0.6) is 0 Å². The Bertz CT molecular complexity index is 810. The lowest BCUT2D eigenvalue weighted by Gasteiger charge is -2.09. The van der Waals surface area contributed by atoms with Crippen LogP contribution >= 0.6 is 27.5 Å². The Kier molecular flexibility index (Phi) is 3.90. The molecule has 3 aromatic rings. The molecular formula is C16H10BrClN2O. The third kappa shape index (κ3) is 3.06. The second-order valence-corrected chi connectivity index (χ2v) is 5.87. The molecule has 0 unspecified atom stereocenters. The summed E-state index contributed by atoms with van der Waals surface area (Å²) in [5.74, 6) is -0.206. The zero-order valence-electron chi connectivity index (χ0n) is 10.8. The van der Waals surface area contributed by atoms with Gasteiger partial charge >= 0.3 is 0 Å². The second-order valence-electron chi connectivity index (χ2n) is 4.51. The van der Waals surface area contributed by atoms with Crippen LogP contribution in [0.1, 0.15) is 10.4 Å². The number of hydrogen-bond donors (Lipinski definition) is 1. The van der Waals surface area contributed by atoms with E-state index in [0.717, 1.165) is 20.9 Å². The van der Waals surface area contributed by atoms with Crippen LogP contribution in [-0.2, 0) is 0 Å². The Balaban J connectivity index is 1.96. The highest BCUT2D eigenvalue weighted by molar-refractivity contribution is 9.10. The maximum atomic E-state index is 12.4. The first kappa shape index (κ1) is 14.0. The molecule has 0 aliphatic rings. The fourth-order valence-corrected chi connectivity index (χ4v) is 2.97. The first-order valence-electron chi connectivity index (χ1n) is 6.24. The third-order valence-electron chi connectivity index (χ3n) is 3.05. The zero-order chi connectivity index (χ0) is 14.8. The van der Waals surface area contributed by atoms with Crippen molar-refractivity contribution in [1.29, 1.82) is 0 Å². The van der Waals surface area contributed by atoms with Crippen LogP contribution in [-0.4, -0.2) is 10.9 Å². The van der Waals surface area contributed by atoms with E-state index in [1.807, 2.05) is 24.3 Å². The number of halogens is 2. The van der Waals surface area contributed by atoms with Crippen LogP contribution in [0.4, 0.5) is 5.69 Å². The molecule has 3 nitrogen and oxygen atoms in total. The van der Waals surface area contributed by atoms with E-state index < -0.39 is 0 Å². The molecule has 104 valence electrons. The van der Waals surface area contributed by atoms with Gasteiger partial charge in [-0.05, 0) is 30.3 Å². The number of benzene rings is 2. The first-order valence-corrected chi connectivity index (χ1v) is 7.41. The molecule has 1 heterocycles. The second kappa shape index (κ2) is 5.84. The van der Waals surface area contributed by atoms with Gasteiger partial charge in [-0.15, -0.1) is 0 Å². The fourth-order valence-electron chi connectivity index (χ4n) is 2.11. The smallest absolute Gasteiger partial charge is 0.255 e. The molecule has 1 aromatic heterocycles. The number of rotatable bonds is 2. The Hall–Kier alpha value is -1.91. The largest absolute Gasteiger partial charge is 0.321 e.